The van der Waals surface area contributed by atoms with Crippen molar-refractivity contribution < 1.29 is 4.79 Å². The van der Waals surface area contributed by atoms with Crippen molar-refractivity contribution in [1.82, 2.24) is 9.78 Å². The highest BCUT2D eigenvalue weighted by Crippen LogP contribution is 2.18. The summed E-state index contributed by atoms with van der Waals surface area (Å²) in [6, 6.07) is 10.3. The highest BCUT2D eigenvalue weighted by Gasteiger charge is 2.16. The van der Waals surface area contributed by atoms with Gasteiger partial charge in [-0.1, -0.05) is 50.1 Å². The molecule has 0 aliphatic rings. The van der Waals surface area contributed by atoms with E-state index in [9.17, 15) is 4.79 Å². The van der Waals surface area contributed by atoms with E-state index in [0.717, 1.165) is 37.1 Å². The lowest BCUT2D eigenvalue weighted by molar-refractivity contribution is 0.0880. The normalized spacial score (nSPS) is 10.8. The van der Waals surface area contributed by atoms with E-state index >= 15 is 0 Å². The lowest BCUT2D eigenvalue weighted by Gasteiger charge is -2.05. The summed E-state index contributed by atoms with van der Waals surface area (Å²) in [4.78, 5) is 12.3. The molecule has 0 unspecified atom stereocenters. The Kier molecular flexibility index (Phi) is 5.32. The molecule has 0 bridgehead atoms. The standard InChI is InChI=1S/C18H24N2O/c1-4-5-7-12-18(21)20-15(3)17(14(2)19-20)13-16-10-8-6-9-11-16/h6,8-11H,4-5,7,12-13H2,1-3H3. The van der Waals surface area contributed by atoms with E-state index in [1.54, 1.807) is 4.68 Å². The van der Waals surface area contributed by atoms with Gasteiger partial charge in [0.05, 0.1) is 5.69 Å². The van der Waals surface area contributed by atoms with Gasteiger partial charge in [-0.2, -0.15) is 5.10 Å². The number of unbranched alkanes of at least 4 members (excludes halogenated alkanes) is 2. The van der Waals surface area contributed by atoms with Gasteiger partial charge in [-0.05, 0) is 25.8 Å². The number of carbonyl (C=O) groups excluding carboxylic acids is 1. The zero-order valence-electron chi connectivity index (χ0n) is 13.2. The third kappa shape index (κ3) is 3.81. The Morgan fingerprint density at radius 2 is 1.86 bits per heavy atom. The average Bonchev–Trinajstić information content (AvgIpc) is 2.77. The third-order valence-electron chi connectivity index (χ3n) is 3.90. The first-order valence-corrected chi connectivity index (χ1v) is 7.75. The summed E-state index contributed by atoms with van der Waals surface area (Å²) >= 11 is 0. The van der Waals surface area contributed by atoms with Crippen molar-refractivity contribution in [3.05, 3.63) is 52.8 Å². The minimum Gasteiger partial charge on any atom is -0.273 e. The smallest absolute Gasteiger partial charge is 0.247 e. The summed E-state index contributed by atoms with van der Waals surface area (Å²) in [6.07, 6.45) is 4.59. The SMILES string of the molecule is CCCCCC(=O)n1nc(C)c(Cc2ccccc2)c1C. The lowest BCUT2D eigenvalue weighted by Crippen LogP contribution is -2.14. The van der Waals surface area contributed by atoms with Gasteiger partial charge in [-0.3, -0.25) is 4.79 Å². The van der Waals surface area contributed by atoms with Gasteiger partial charge in [0.2, 0.25) is 5.91 Å². The topological polar surface area (TPSA) is 34.9 Å². The zero-order valence-corrected chi connectivity index (χ0v) is 13.2. The van der Waals surface area contributed by atoms with Crippen LogP contribution in [-0.4, -0.2) is 15.7 Å². The Morgan fingerprint density at radius 3 is 2.52 bits per heavy atom. The molecular weight excluding hydrogens is 260 g/mol. The Hall–Kier alpha value is -1.90. The molecule has 0 saturated heterocycles. The fourth-order valence-electron chi connectivity index (χ4n) is 2.61. The molecule has 2 aromatic rings. The van der Waals surface area contributed by atoms with Gasteiger partial charge in [-0.25, -0.2) is 4.68 Å². The molecule has 1 heterocycles. The van der Waals surface area contributed by atoms with E-state index < -0.39 is 0 Å². The molecule has 0 spiro atoms. The van der Waals surface area contributed by atoms with Crippen LogP contribution in [0.15, 0.2) is 30.3 Å². The molecule has 0 amide bonds. The number of aryl methyl sites for hydroxylation is 1. The summed E-state index contributed by atoms with van der Waals surface area (Å²) in [6.45, 7) is 6.13. The maximum absolute atomic E-state index is 12.3. The minimum atomic E-state index is 0.114. The number of carbonyl (C=O) groups is 1. The van der Waals surface area contributed by atoms with Crippen molar-refractivity contribution in [2.75, 3.05) is 0 Å². The highest BCUT2D eigenvalue weighted by atomic mass is 16.2. The van der Waals surface area contributed by atoms with Gasteiger partial charge >= 0.3 is 0 Å². The molecule has 0 N–H and O–H groups in total. The summed E-state index contributed by atoms with van der Waals surface area (Å²) in [5.41, 5.74) is 4.37. The van der Waals surface area contributed by atoms with Crippen LogP contribution < -0.4 is 0 Å². The van der Waals surface area contributed by atoms with Crippen LogP contribution >= 0.6 is 0 Å². The molecule has 2 rings (SSSR count). The number of aromatic nitrogens is 2. The van der Waals surface area contributed by atoms with E-state index in [4.69, 9.17) is 0 Å². The van der Waals surface area contributed by atoms with Crippen molar-refractivity contribution in [3.63, 3.8) is 0 Å². The lowest BCUT2D eigenvalue weighted by atomic mass is 10.0. The van der Waals surface area contributed by atoms with Crippen molar-refractivity contribution in [2.24, 2.45) is 0 Å². The second-order valence-corrected chi connectivity index (χ2v) is 5.57. The van der Waals surface area contributed by atoms with Gasteiger partial charge in [-0.15, -0.1) is 0 Å². The van der Waals surface area contributed by atoms with E-state index in [2.05, 4.69) is 24.2 Å². The van der Waals surface area contributed by atoms with E-state index in [1.165, 1.54) is 11.1 Å². The van der Waals surface area contributed by atoms with Gasteiger partial charge < -0.3 is 0 Å². The second kappa shape index (κ2) is 7.21. The summed E-state index contributed by atoms with van der Waals surface area (Å²) in [7, 11) is 0. The molecule has 112 valence electrons. The first-order valence-electron chi connectivity index (χ1n) is 7.75. The van der Waals surface area contributed by atoms with Crippen molar-refractivity contribution in [1.29, 1.82) is 0 Å². The molecule has 1 aromatic carbocycles. The monoisotopic (exact) mass is 284 g/mol. The Balaban J connectivity index is 2.15. The molecule has 3 nitrogen and oxygen atoms in total. The van der Waals surface area contributed by atoms with Crippen LogP contribution in [0.2, 0.25) is 0 Å². The highest BCUT2D eigenvalue weighted by molar-refractivity contribution is 5.79. The molecule has 0 atom stereocenters. The summed E-state index contributed by atoms with van der Waals surface area (Å²) < 4.78 is 1.60. The first kappa shape index (κ1) is 15.5. The molecule has 1 aromatic heterocycles. The third-order valence-corrected chi connectivity index (χ3v) is 3.90. The number of hydrogen-bond donors (Lipinski definition) is 0. The van der Waals surface area contributed by atoms with Gasteiger partial charge in [0, 0.05) is 24.1 Å². The Morgan fingerprint density at radius 1 is 1.14 bits per heavy atom. The molecule has 0 aliphatic heterocycles. The fraction of sp³-hybridized carbons (Fsp3) is 0.444. The minimum absolute atomic E-state index is 0.114. The molecule has 0 radical (unpaired) electrons. The molecule has 0 saturated carbocycles. The van der Waals surface area contributed by atoms with Crippen LogP contribution in [0.25, 0.3) is 0 Å². The molecule has 21 heavy (non-hydrogen) atoms. The maximum Gasteiger partial charge on any atom is 0.247 e. The quantitative estimate of drug-likeness (QED) is 0.741. The van der Waals surface area contributed by atoms with Crippen LogP contribution in [0.4, 0.5) is 0 Å². The Bertz CT molecular complexity index is 599. The van der Waals surface area contributed by atoms with Crippen molar-refractivity contribution in [2.45, 2.75) is 52.9 Å². The second-order valence-electron chi connectivity index (χ2n) is 5.57. The van der Waals surface area contributed by atoms with Crippen molar-refractivity contribution >= 4 is 5.91 Å². The maximum atomic E-state index is 12.3. The number of benzene rings is 1. The van der Waals surface area contributed by atoms with Gasteiger partial charge in [0.1, 0.15) is 0 Å². The predicted molar refractivity (Wildman–Crippen MR) is 85.7 cm³/mol. The number of hydrogen-bond acceptors (Lipinski definition) is 2. The molecular formula is C18H24N2O. The van der Waals surface area contributed by atoms with Crippen LogP contribution in [0.1, 0.15) is 59.9 Å². The van der Waals surface area contributed by atoms with E-state index in [-0.39, 0.29) is 5.91 Å². The fourth-order valence-corrected chi connectivity index (χ4v) is 2.61. The Labute approximate surface area is 127 Å². The number of rotatable bonds is 6. The molecule has 0 aliphatic carbocycles. The first-order chi connectivity index (χ1) is 10.1. The van der Waals surface area contributed by atoms with Crippen molar-refractivity contribution in [3.8, 4) is 0 Å². The molecule has 0 fully saturated rings. The molecule has 3 heteroatoms. The van der Waals surface area contributed by atoms with Crippen LogP contribution in [0, 0.1) is 13.8 Å². The van der Waals surface area contributed by atoms with E-state index in [0.29, 0.717) is 6.42 Å². The van der Waals surface area contributed by atoms with Crippen LogP contribution in [0.5, 0.6) is 0 Å². The average molecular weight is 284 g/mol. The zero-order chi connectivity index (χ0) is 15.2. The number of nitrogens with zero attached hydrogens (tertiary/aromatic N) is 2. The van der Waals surface area contributed by atoms with E-state index in [1.807, 2.05) is 32.0 Å². The van der Waals surface area contributed by atoms with Crippen LogP contribution in [-0.2, 0) is 6.42 Å². The largest absolute Gasteiger partial charge is 0.273 e. The predicted octanol–water partition coefficient (Wildman–Crippen LogP) is 4.31. The summed E-state index contributed by atoms with van der Waals surface area (Å²) in [5, 5.41) is 4.45. The van der Waals surface area contributed by atoms with Gasteiger partial charge in [0.25, 0.3) is 0 Å². The van der Waals surface area contributed by atoms with Crippen LogP contribution in [0.3, 0.4) is 0 Å². The van der Waals surface area contributed by atoms with Gasteiger partial charge in [0.15, 0.2) is 0 Å². The summed E-state index contributed by atoms with van der Waals surface area (Å²) in [5.74, 6) is 0.114.